The van der Waals surface area contributed by atoms with E-state index in [1.54, 1.807) is 12.1 Å². The zero-order valence-electron chi connectivity index (χ0n) is 11.9. The number of H-pyrrole nitrogens is 1. The zero-order valence-corrected chi connectivity index (χ0v) is 12.7. The number of aromatic nitrogens is 2. The molecule has 1 aromatic heterocycles. The van der Waals surface area contributed by atoms with Crippen LogP contribution in [-0.2, 0) is 0 Å². The molecule has 1 aliphatic carbocycles. The van der Waals surface area contributed by atoms with E-state index in [0.717, 1.165) is 22.2 Å². The number of benzene rings is 1. The second-order valence-electron chi connectivity index (χ2n) is 5.84. The minimum atomic E-state index is -0.196. The van der Waals surface area contributed by atoms with Gasteiger partial charge in [-0.2, -0.15) is 0 Å². The molecule has 108 valence electrons. The van der Waals surface area contributed by atoms with Crippen LogP contribution in [0.4, 0.5) is 4.39 Å². The molecule has 0 amide bonds. The van der Waals surface area contributed by atoms with Gasteiger partial charge in [-0.15, -0.1) is 0 Å². The van der Waals surface area contributed by atoms with E-state index in [-0.39, 0.29) is 5.82 Å². The van der Waals surface area contributed by atoms with Gasteiger partial charge >= 0.3 is 0 Å². The van der Waals surface area contributed by atoms with Gasteiger partial charge in [0.2, 0.25) is 0 Å². The Morgan fingerprint density at radius 2 is 2.10 bits per heavy atom. The average molecular weight is 292 g/mol. The largest absolute Gasteiger partial charge is 0.331 e. The van der Waals surface area contributed by atoms with E-state index in [1.807, 2.05) is 0 Å². The van der Waals surface area contributed by atoms with E-state index in [9.17, 15) is 4.39 Å². The predicted octanol–water partition coefficient (Wildman–Crippen LogP) is 5.37. The van der Waals surface area contributed by atoms with Crippen LogP contribution >= 0.6 is 12.2 Å². The summed E-state index contributed by atoms with van der Waals surface area (Å²) in [4.78, 5) is 3.22. The van der Waals surface area contributed by atoms with Crippen LogP contribution in [0, 0.1) is 16.5 Å². The molecule has 1 atom stereocenters. The first-order valence-electron chi connectivity index (χ1n) is 7.60. The summed E-state index contributed by atoms with van der Waals surface area (Å²) in [7, 11) is 0. The maximum absolute atomic E-state index is 13.6. The molecule has 1 aliphatic rings. The molecule has 0 spiro atoms. The molecule has 1 fully saturated rings. The zero-order chi connectivity index (χ0) is 14.1. The van der Waals surface area contributed by atoms with Gasteiger partial charge in [0.05, 0.1) is 11.0 Å². The lowest BCUT2D eigenvalue weighted by Gasteiger charge is -2.31. The topological polar surface area (TPSA) is 20.7 Å². The summed E-state index contributed by atoms with van der Waals surface area (Å²) in [6.45, 7) is 2.21. The summed E-state index contributed by atoms with van der Waals surface area (Å²) < 4.78 is 16.5. The number of halogens is 1. The Hall–Kier alpha value is -1.16. The highest BCUT2D eigenvalue weighted by Crippen LogP contribution is 2.36. The van der Waals surface area contributed by atoms with Crippen LogP contribution in [0.15, 0.2) is 18.2 Å². The third-order valence-electron chi connectivity index (χ3n) is 4.62. The molecule has 1 unspecified atom stereocenters. The summed E-state index contributed by atoms with van der Waals surface area (Å²) >= 11 is 5.49. The van der Waals surface area contributed by atoms with Crippen LogP contribution in [-0.4, -0.2) is 9.55 Å². The molecule has 0 radical (unpaired) electrons. The highest BCUT2D eigenvalue weighted by Gasteiger charge is 2.25. The Bertz CT molecular complexity index is 652. The van der Waals surface area contributed by atoms with Gasteiger partial charge < -0.3 is 9.55 Å². The summed E-state index contributed by atoms with van der Waals surface area (Å²) in [5.41, 5.74) is 1.85. The Balaban J connectivity index is 2.08. The van der Waals surface area contributed by atoms with Gasteiger partial charge in [-0.05, 0) is 55.6 Å². The predicted molar refractivity (Wildman–Crippen MR) is 83.0 cm³/mol. The molecule has 0 bridgehead atoms. The summed E-state index contributed by atoms with van der Waals surface area (Å²) in [5.74, 6) is 0.474. The van der Waals surface area contributed by atoms with Crippen molar-refractivity contribution in [3.05, 3.63) is 28.8 Å². The quantitative estimate of drug-likeness (QED) is 0.754. The molecule has 1 aromatic carbocycles. The van der Waals surface area contributed by atoms with Crippen molar-refractivity contribution < 1.29 is 4.39 Å². The van der Waals surface area contributed by atoms with E-state index in [4.69, 9.17) is 12.2 Å². The molecule has 3 rings (SSSR count). The van der Waals surface area contributed by atoms with Gasteiger partial charge in [-0.1, -0.05) is 26.2 Å². The van der Waals surface area contributed by atoms with E-state index < -0.39 is 0 Å². The van der Waals surface area contributed by atoms with Crippen LogP contribution in [0.3, 0.4) is 0 Å². The van der Waals surface area contributed by atoms with E-state index in [1.165, 1.54) is 38.2 Å². The fourth-order valence-electron chi connectivity index (χ4n) is 3.67. The first-order chi connectivity index (χ1) is 9.70. The van der Waals surface area contributed by atoms with Gasteiger partial charge in [-0.3, -0.25) is 0 Å². The minimum Gasteiger partial charge on any atom is -0.331 e. The van der Waals surface area contributed by atoms with Gasteiger partial charge in [0, 0.05) is 6.04 Å². The average Bonchev–Trinajstić information content (AvgIpc) is 2.77. The third-order valence-corrected chi connectivity index (χ3v) is 4.92. The summed E-state index contributed by atoms with van der Waals surface area (Å²) in [5, 5.41) is 0. The molecule has 0 saturated heterocycles. The number of fused-ring (bicyclic) bond motifs is 1. The van der Waals surface area contributed by atoms with Crippen molar-refractivity contribution in [1.29, 1.82) is 0 Å². The van der Waals surface area contributed by atoms with Crippen molar-refractivity contribution in [2.45, 2.75) is 51.5 Å². The lowest BCUT2D eigenvalue weighted by Crippen LogP contribution is -2.21. The Morgan fingerprint density at radius 1 is 1.35 bits per heavy atom. The van der Waals surface area contributed by atoms with Crippen LogP contribution in [0.1, 0.15) is 51.5 Å². The molecule has 1 saturated carbocycles. The molecule has 1 heterocycles. The van der Waals surface area contributed by atoms with Gasteiger partial charge in [0.15, 0.2) is 4.77 Å². The van der Waals surface area contributed by atoms with Crippen LogP contribution in [0.2, 0.25) is 0 Å². The van der Waals surface area contributed by atoms with Crippen molar-refractivity contribution >= 4 is 23.3 Å². The van der Waals surface area contributed by atoms with Crippen molar-refractivity contribution in [3.8, 4) is 0 Å². The lowest BCUT2D eigenvalue weighted by atomic mass is 9.83. The summed E-state index contributed by atoms with van der Waals surface area (Å²) in [6.07, 6.45) is 7.55. The first kappa shape index (κ1) is 13.8. The number of nitrogens with one attached hydrogen (secondary N) is 1. The first-order valence-corrected chi connectivity index (χ1v) is 8.01. The van der Waals surface area contributed by atoms with Gasteiger partial charge in [0.25, 0.3) is 0 Å². The summed E-state index contributed by atoms with van der Waals surface area (Å²) in [6, 6.07) is 5.26. The second-order valence-corrected chi connectivity index (χ2v) is 6.22. The molecule has 0 aliphatic heterocycles. The standard InChI is InChI=1S/C16H21FN2S/c1-2-14(11-6-4-3-5-7-11)19-15-10-12(17)8-9-13(15)18-16(19)20/h8-11,14H,2-7H2,1H3,(H,18,20). The number of imidazole rings is 1. The van der Waals surface area contributed by atoms with Crippen LogP contribution in [0.5, 0.6) is 0 Å². The number of aromatic amines is 1. The Labute approximate surface area is 124 Å². The monoisotopic (exact) mass is 292 g/mol. The molecule has 4 heteroatoms. The van der Waals surface area contributed by atoms with Crippen molar-refractivity contribution in [1.82, 2.24) is 9.55 Å². The molecule has 1 N–H and O–H groups in total. The molecule has 20 heavy (non-hydrogen) atoms. The second kappa shape index (κ2) is 5.68. The van der Waals surface area contributed by atoms with Gasteiger partial charge in [0.1, 0.15) is 5.82 Å². The highest BCUT2D eigenvalue weighted by molar-refractivity contribution is 7.71. The Kier molecular flexibility index (Phi) is 3.92. The van der Waals surface area contributed by atoms with Crippen LogP contribution < -0.4 is 0 Å². The van der Waals surface area contributed by atoms with E-state index >= 15 is 0 Å². The third kappa shape index (κ3) is 2.41. The molecular formula is C16H21FN2S. The molecular weight excluding hydrogens is 271 g/mol. The fraction of sp³-hybridized carbons (Fsp3) is 0.562. The number of hydrogen-bond acceptors (Lipinski definition) is 1. The van der Waals surface area contributed by atoms with E-state index in [2.05, 4.69) is 16.5 Å². The SMILES string of the molecule is CCC(C1CCCCC1)n1c(=S)[nH]c2ccc(F)cc21. The minimum absolute atomic E-state index is 0.196. The molecule has 2 aromatic rings. The maximum Gasteiger partial charge on any atom is 0.178 e. The van der Waals surface area contributed by atoms with Gasteiger partial charge in [-0.25, -0.2) is 4.39 Å². The fourth-order valence-corrected chi connectivity index (χ4v) is 4.01. The lowest BCUT2D eigenvalue weighted by molar-refractivity contribution is 0.245. The van der Waals surface area contributed by atoms with E-state index in [0.29, 0.717) is 12.0 Å². The van der Waals surface area contributed by atoms with Crippen LogP contribution in [0.25, 0.3) is 11.0 Å². The smallest absolute Gasteiger partial charge is 0.178 e. The van der Waals surface area contributed by atoms with Crippen molar-refractivity contribution in [3.63, 3.8) is 0 Å². The molecule has 2 nitrogen and oxygen atoms in total. The van der Waals surface area contributed by atoms with Crippen molar-refractivity contribution in [2.75, 3.05) is 0 Å². The Morgan fingerprint density at radius 3 is 2.80 bits per heavy atom. The number of nitrogens with zero attached hydrogens (tertiary/aromatic N) is 1. The highest BCUT2D eigenvalue weighted by atomic mass is 32.1. The maximum atomic E-state index is 13.6. The number of rotatable bonds is 3. The van der Waals surface area contributed by atoms with Crippen molar-refractivity contribution in [2.24, 2.45) is 5.92 Å². The number of hydrogen-bond donors (Lipinski definition) is 1. The normalized spacial score (nSPS) is 18.5.